The maximum atomic E-state index is 13.5. The third-order valence-corrected chi connectivity index (χ3v) is 6.12. The zero-order valence-electron chi connectivity index (χ0n) is 23.0. The van der Waals surface area contributed by atoms with Crippen LogP contribution < -0.4 is 4.74 Å². The van der Waals surface area contributed by atoms with Crippen LogP contribution in [-0.4, -0.2) is 38.6 Å². The van der Waals surface area contributed by atoms with E-state index in [1.54, 1.807) is 0 Å². The number of rotatable bonds is 16. The summed E-state index contributed by atoms with van der Waals surface area (Å²) in [5.74, 6) is -6.13. The average molecular weight is 558 g/mol. The van der Waals surface area contributed by atoms with Gasteiger partial charge in [0.1, 0.15) is 6.61 Å². The van der Waals surface area contributed by atoms with Gasteiger partial charge in [0.25, 0.3) is 5.69 Å². The van der Waals surface area contributed by atoms with E-state index in [0.29, 0.717) is 38.5 Å². The van der Waals surface area contributed by atoms with E-state index in [1.807, 2.05) is 20.8 Å². The molecule has 2 aromatic carbocycles. The molecule has 0 aromatic heterocycles. The van der Waals surface area contributed by atoms with Gasteiger partial charge in [0, 0.05) is 31.4 Å². The molecule has 0 heterocycles. The standard InChI is InChI=1S/C29H35NO10/c1-4-7-13-20(31)23-25(29(36)39-17-18-11-10-12-19(16-18)30(37)38)24(21(32)14-8-5-2)28(27(35)26(23)34)40-22(33)15-9-6-3/h10-12,16,34-35H,4-9,13-15,17H2,1-3H3. The second-order valence-electron chi connectivity index (χ2n) is 9.29. The number of phenolic OH excluding ortho intramolecular Hbond substituents is 2. The van der Waals surface area contributed by atoms with Gasteiger partial charge in [0.15, 0.2) is 23.1 Å². The number of ketones is 2. The number of aromatic hydroxyl groups is 2. The van der Waals surface area contributed by atoms with Crippen molar-refractivity contribution in [1.82, 2.24) is 0 Å². The quantitative estimate of drug-likeness (QED) is 0.0604. The number of nitro benzene ring substituents is 1. The lowest BCUT2D eigenvalue weighted by Crippen LogP contribution is -2.21. The minimum absolute atomic E-state index is 0.0525. The molecule has 0 aliphatic rings. The monoisotopic (exact) mass is 557 g/mol. The Morgan fingerprint density at radius 3 is 1.98 bits per heavy atom. The molecule has 11 heteroatoms. The highest BCUT2D eigenvalue weighted by molar-refractivity contribution is 6.17. The van der Waals surface area contributed by atoms with E-state index >= 15 is 0 Å². The van der Waals surface area contributed by atoms with E-state index in [9.17, 15) is 39.5 Å². The van der Waals surface area contributed by atoms with Crippen LogP contribution in [0.15, 0.2) is 24.3 Å². The predicted molar refractivity (Wildman–Crippen MR) is 145 cm³/mol. The van der Waals surface area contributed by atoms with E-state index < -0.39 is 69.0 Å². The summed E-state index contributed by atoms with van der Waals surface area (Å²) < 4.78 is 10.7. The first-order valence-electron chi connectivity index (χ1n) is 13.4. The summed E-state index contributed by atoms with van der Waals surface area (Å²) in [6, 6.07) is 5.34. The molecular weight excluding hydrogens is 522 g/mol. The van der Waals surface area contributed by atoms with Gasteiger partial charge in [-0.2, -0.15) is 0 Å². The molecule has 0 aliphatic carbocycles. The summed E-state index contributed by atoms with van der Waals surface area (Å²) in [6.45, 7) is 5.06. The Bertz CT molecular complexity index is 1270. The molecule has 40 heavy (non-hydrogen) atoms. The molecule has 2 aromatic rings. The van der Waals surface area contributed by atoms with Crippen LogP contribution >= 0.6 is 0 Å². The summed E-state index contributed by atoms with van der Waals surface area (Å²) in [5, 5.41) is 32.8. The zero-order valence-corrected chi connectivity index (χ0v) is 23.0. The van der Waals surface area contributed by atoms with Crippen LogP contribution in [0.4, 0.5) is 5.69 Å². The van der Waals surface area contributed by atoms with Gasteiger partial charge in [0.2, 0.25) is 5.75 Å². The van der Waals surface area contributed by atoms with Crippen LogP contribution in [0.1, 0.15) is 115 Å². The fourth-order valence-corrected chi connectivity index (χ4v) is 3.93. The van der Waals surface area contributed by atoms with Gasteiger partial charge in [-0.3, -0.25) is 24.5 Å². The minimum Gasteiger partial charge on any atom is -0.504 e. The first-order chi connectivity index (χ1) is 19.1. The number of nitrogens with zero attached hydrogens (tertiary/aromatic N) is 1. The number of hydrogen-bond acceptors (Lipinski definition) is 10. The zero-order chi connectivity index (χ0) is 29.8. The number of phenols is 2. The lowest BCUT2D eigenvalue weighted by Gasteiger charge is -2.20. The van der Waals surface area contributed by atoms with Gasteiger partial charge in [-0.1, -0.05) is 52.2 Å². The molecule has 0 aliphatic heterocycles. The highest BCUT2D eigenvalue weighted by Crippen LogP contribution is 2.46. The second-order valence-corrected chi connectivity index (χ2v) is 9.29. The van der Waals surface area contributed by atoms with Crippen molar-refractivity contribution in [2.75, 3.05) is 0 Å². The number of non-ortho nitro benzene ring substituents is 1. The Labute approximate surface area is 232 Å². The highest BCUT2D eigenvalue weighted by atomic mass is 16.6. The Kier molecular flexibility index (Phi) is 12.3. The second kappa shape index (κ2) is 15.3. The van der Waals surface area contributed by atoms with Crippen molar-refractivity contribution >= 4 is 29.2 Å². The van der Waals surface area contributed by atoms with E-state index in [-0.39, 0.29) is 30.5 Å². The molecule has 0 saturated heterocycles. The van der Waals surface area contributed by atoms with Gasteiger partial charge < -0.3 is 19.7 Å². The van der Waals surface area contributed by atoms with Crippen LogP contribution in [0.5, 0.6) is 17.2 Å². The van der Waals surface area contributed by atoms with E-state index in [2.05, 4.69) is 0 Å². The summed E-state index contributed by atoms with van der Waals surface area (Å²) in [5.41, 5.74) is -1.74. The Hall–Kier alpha value is -4.28. The molecule has 0 saturated carbocycles. The lowest BCUT2D eigenvalue weighted by molar-refractivity contribution is -0.384. The smallest absolute Gasteiger partial charge is 0.340 e. The first-order valence-corrected chi connectivity index (χ1v) is 13.4. The van der Waals surface area contributed by atoms with Gasteiger partial charge in [0.05, 0.1) is 21.6 Å². The molecule has 2 N–H and O–H groups in total. The number of unbranched alkanes of at least 4 members (excludes halogenated alkanes) is 3. The van der Waals surface area contributed by atoms with Gasteiger partial charge in [-0.15, -0.1) is 0 Å². The topological polar surface area (TPSA) is 170 Å². The molecule has 0 atom stereocenters. The van der Waals surface area contributed by atoms with Gasteiger partial charge in [-0.25, -0.2) is 4.79 Å². The number of carbonyl (C=O) groups excluding carboxylic acids is 4. The van der Waals surface area contributed by atoms with E-state index in [0.717, 1.165) is 0 Å². The molecule has 0 radical (unpaired) electrons. The molecule has 0 fully saturated rings. The van der Waals surface area contributed by atoms with Crippen LogP contribution in [0, 0.1) is 10.1 Å². The van der Waals surface area contributed by atoms with E-state index in [4.69, 9.17) is 9.47 Å². The Morgan fingerprint density at radius 2 is 1.40 bits per heavy atom. The summed E-state index contributed by atoms with van der Waals surface area (Å²) in [7, 11) is 0. The van der Waals surface area contributed by atoms with Crippen molar-refractivity contribution in [3.05, 3.63) is 56.6 Å². The molecule has 216 valence electrons. The molecule has 0 unspecified atom stereocenters. The van der Waals surface area contributed by atoms with Crippen molar-refractivity contribution in [2.24, 2.45) is 0 Å². The van der Waals surface area contributed by atoms with Crippen molar-refractivity contribution in [2.45, 2.75) is 85.2 Å². The minimum atomic E-state index is -1.20. The van der Waals surface area contributed by atoms with E-state index in [1.165, 1.54) is 24.3 Å². The number of hydrogen-bond donors (Lipinski definition) is 2. The highest BCUT2D eigenvalue weighted by Gasteiger charge is 2.36. The number of benzene rings is 2. The predicted octanol–water partition coefficient (Wildman–Crippen LogP) is 6.20. The summed E-state index contributed by atoms with van der Waals surface area (Å²) >= 11 is 0. The number of nitro groups is 1. The molecule has 2 rings (SSSR count). The maximum Gasteiger partial charge on any atom is 0.340 e. The van der Waals surface area contributed by atoms with Crippen LogP contribution in [0.25, 0.3) is 0 Å². The third-order valence-electron chi connectivity index (χ3n) is 6.12. The summed E-state index contributed by atoms with van der Waals surface area (Å²) in [4.78, 5) is 63.1. The third kappa shape index (κ3) is 8.11. The number of esters is 2. The fraction of sp³-hybridized carbons (Fsp3) is 0.448. The molecule has 0 spiro atoms. The number of Topliss-reactive ketones (excluding diaryl/α,β-unsaturated/α-hetero) is 2. The Morgan fingerprint density at radius 1 is 0.825 bits per heavy atom. The number of carbonyl (C=O) groups is 4. The SMILES string of the molecule is CCCCC(=O)Oc1c(O)c(O)c(C(=O)CCCC)c(C(=O)OCc2cccc([N+](=O)[O-])c2)c1C(=O)CCCC. The largest absolute Gasteiger partial charge is 0.504 e. The molecule has 0 amide bonds. The first kappa shape index (κ1) is 31.9. The van der Waals surface area contributed by atoms with Gasteiger partial charge >= 0.3 is 11.9 Å². The maximum absolute atomic E-state index is 13.5. The number of ether oxygens (including phenoxy) is 2. The van der Waals surface area contributed by atoms with Gasteiger partial charge in [-0.05, 0) is 24.8 Å². The van der Waals surface area contributed by atoms with Crippen molar-refractivity contribution in [3.63, 3.8) is 0 Å². The van der Waals surface area contributed by atoms with Crippen molar-refractivity contribution in [3.8, 4) is 17.2 Å². The van der Waals surface area contributed by atoms with Crippen LogP contribution in [0.2, 0.25) is 0 Å². The Balaban J connectivity index is 2.72. The average Bonchev–Trinajstić information content (AvgIpc) is 2.94. The molecular formula is C29H35NO10. The fourth-order valence-electron chi connectivity index (χ4n) is 3.93. The lowest BCUT2D eigenvalue weighted by atomic mass is 9.90. The molecule has 11 nitrogen and oxygen atoms in total. The normalized spacial score (nSPS) is 10.7. The van der Waals surface area contributed by atoms with Crippen molar-refractivity contribution < 1.29 is 43.8 Å². The van der Waals surface area contributed by atoms with Crippen molar-refractivity contribution in [1.29, 1.82) is 0 Å². The van der Waals surface area contributed by atoms with Crippen LogP contribution in [0.3, 0.4) is 0 Å². The summed E-state index contributed by atoms with van der Waals surface area (Å²) in [6.07, 6.45) is 2.87. The molecule has 0 bridgehead atoms. The van der Waals surface area contributed by atoms with Crippen LogP contribution in [-0.2, 0) is 16.1 Å².